The Morgan fingerprint density at radius 2 is 1.92 bits per heavy atom. The second-order valence-electron chi connectivity index (χ2n) is 5.72. The molecule has 0 atom stereocenters. The molecule has 0 spiro atoms. The lowest BCUT2D eigenvalue weighted by Gasteiger charge is -2.09. The van der Waals surface area contributed by atoms with Crippen LogP contribution in [0.5, 0.6) is 5.75 Å². The van der Waals surface area contributed by atoms with Crippen molar-refractivity contribution in [1.82, 2.24) is 10.4 Å². The highest BCUT2D eigenvalue weighted by Gasteiger charge is 2.02. The van der Waals surface area contributed by atoms with E-state index in [0.29, 0.717) is 12.2 Å². The molecule has 1 heterocycles. The topological polar surface area (TPSA) is 63.6 Å². The van der Waals surface area contributed by atoms with E-state index < -0.39 is 0 Å². The Labute approximate surface area is 152 Å². The number of nitrogens with zero attached hydrogens (tertiary/aromatic N) is 2. The summed E-state index contributed by atoms with van der Waals surface area (Å²) in [4.78, 5) is 15.8. The first-order valence-electron chi connectivity index (χ1n) is 8.23. The average Bonchev–Trinajstić information content (AvgIpc) is 2.68. The Morgan fingerprint density at radius 3 is 2.73 bits per heavy atom. The zero-order chi connectivity index (χ0) is 18.2. The molecule has 0 aliphatic heterocycles. The van der Waals surface area contributed by atoms with Gasteiger partial charge in [0.1, 0.15) is 12.4 Å². The molecule has 0 saturated heterocycles. The quantitative estimate of drug-likeness (QED) is 0.547. The van der Waals surface area contributed by atoms with E-state index in [1.165, 1.54) is 5.56 Å². The number of aromatic nitrogens is 1. The van der Waals surface area contributed by atoms with Gasteiger partial charge in [0, 0.05) is 18.0 Å². The molecule has 26 heavy (non-hydrogen) atoms. The molecule has 0 unspecified atom stereocenters. The number of hydrogen-bond acceptors (Lipinski definition) is 4. The number of carbonyl (C=O) groups is 1. The predicted molar refractivity (Wildman–Crippen MR) is 101 cm³/mol. The molecule has 0 aliphatic carbocycles. The number of ether oxygens (including phenoxy) is 1. The van der Waals surface area contributed by atoms with Crippen LogP contribution in [0.15, 0.2) is 78.2 Å². The smallest absolute Gasteiger partial charge is 0.271 e. The fourth-order valence-electron chi connectivity index (χ4n) is 2.35. The molecule has 5 heteroatoms. The van der Waals surface area contributed by atoms with Gasteiger partial charge in [0.2, 0.25) is 0 Å². The summed E-state index contributed by atoms with van der Waals surface area (Å²) in [5.41, 5.74) is 6.18. The van der Waals surface area contributed by atoms with Gasteiger partial charge in [-0.3, -0.25) is 9.78 Å². The minimum atomic E-state index is -0.282. The lowest BCUT2D eigenvalue weighted by atomic mass is 10.1. The number of benzene rings is 2. The van der Waals surface area contributed by atoms with Crippen molar-refractivity contribution in [2.45, 2.75) is 13.5 Å². The molecule has 0 bridgehead atoms. The van der Waals surface area contributed by atoms with Crippen LogP contribution in [0.2, 0.25) is 0 Å². The highest BCUT2D eigenvalue weighted by molar-refractivity contribution is 5.94. The summed E-state index contributed by atoms with van der Waals surface area (Å²) in [6, 6.07) is 18.9. The summed E-state index contributed by atoms with van der Waals surface area (Å²) < 4.78 is 5.85. The molecule has 3 aromatic rings. The molecule has 0 fully saturated rings. The third-order valence-electron chi connectivity index (χ3n) is 3.84. The summed E-state index contributed by atoms with van der Waals surface area (Å²) >= 11 is 0. The zero-order valence-corrected chi connectivity index (χ0v) is 14.4. The van der Waals surface area contributed by atoms with Crippen LogP contribution in [0.3, 0.4) is 0 Å². The average molecular weight is 345 g/mol. The van der Waals surface area contributed by atoms with Gasteiger partial charge in [-0.2, -0.15) is 5.10 Å². The number of pyridine rings is 1. The van der Waals surface area contributed by atoms with Gasteiger partial charge in [-0.25, -0.2) is 5.43 Å². The van der Waals surface area contributed by atoms with Crippen LogP contribution in [0.25, 0.3) is 0 Å². The summed E-state index contributed by atoms with van der Waals surface area (Å²) in [5.74, 6) is 0.466. The van der Waals surface area contributed by atoms with Gasteiger partial charge in [-0.1, -0.05) is 36.4 Å². The van der Waals surface area contributed by atoms with Gasteiger partial charge < -0.3 is 4.74 Å². The van der Waals surface area contributed by atoms with E-state index in [2.05, 4.69) is 34.6 Å². The normalized spacial score (nSPS) is 10.7. The van der Waals surface area contributed by atoms with Crippen molar-refractivity contribution in [3.63, 3.8) is 0 Å². The molecule has 0 radical (unpaired) electrons. The van der Waals surface area contributed by atoms with Crippen LogP contribution in [-0.2, 0) is 6.61 Å². The van der Waals surface area contributed by atoms with E-state index >= 15 is 0 Å². The second kappa shape index (κ2) is 8.58. The first-order chi connectivity index (χ1) is 12.7. The molecule has 2 aromatic carbocycles. The van der Waals surface area contributed by atoms with Gasteiger partial charge in [0.15, 0.2) is 0 Å². The van der Waals surface area contributed by atoms with E-state index in [4.69, 9.17) is 4.74 Å². The molecule has 0 saturated carbocycles. The molecular formula is C21H19N3O2. The van der Waals surface area contributed by atoms with E-state index in [-0.39, 0.29) is 5.91 Å². The zero-order valence-electron chi connectivity index (χ0n) is 14.4. The van der Waals surface area contributed by atoms with Crippen molar-refractivity contribution in [3.05, 3.63) is 95.3 Å². The molecule has 1 aromatic heterocycles. The monoisotopic (exact) mass is 345 g/mol. The lowest BCUT2D eigenvalue weighted by Crippen LogP contribution is -2.17. The Balaban J connectivity index is 1.58. The van der Waals surface area contributed by atoms with Crippen molar-refractivity contribution in [1.29, 1.82) is 0 Å². The van der Waals surface area contributed by atoms with Crippen LogP contribution in [0, 0.1) is 6.92 Å². The third kappa shape index (κ3) is 4.77. The minimum Gasteiger partial charge on any atom is -0.489 e. The van der Waals surface area contributed by atoms with Crippen molar-refractivity contribution in [2.24, 2.45) is 5.10 Å². The fraction of sp³-hybridized carbons (Fsp3) is 0.0952. The van der Waals surface area contributed by atoms with Crippen molar-refractivity contribution < 1.29 is 9.53 Å². The van der Waals surface area contributed by atoms with Crippen LogP contribution in [-0.4, -0.2) is 17.1 Å². The van der Waals surface area contributed by atoms with E-state index in [0.717, 1.165) is 16.9 Å². The molecular weight excluding hydrogens is 326 g/mol. The number of amides is 1. The summed E-state index contributed by atoms with van der Waals surface area (Å²) in [6.45, 7) is 2.57. The van der Waals surface area contributed by atoms with Gasteiger partial charge >= 0.3 is 0 Å². The van der Waals surface area contributed by atoms with Crippen molar-refractivity contribution in [3.8, 4) is 5.75 Å². The maximum atomic E-state index is 11.9. The van der Waals surface area contributed by atoms with Crippen LogP contribution in [0.1, 0.15) is 27.0 Å². The number of rotatable bonds is 6. The summed E-state index contributed by atoms with van der Waals surface area (Å²) in [5, 5.41) is 3.99. The second-order valence-corrected chi connectivity index (χ2v) is 5.72. The summed E-state index contributed by atoms with van der Waals surface area (Å²) in [7, 11) is 0. The Hall–Kier alpha value is -3.47. The molecule has 130 valence electrons. The number of carbonyl (C=O) groups excluding carboxylic acids is 1. The maximum absolute atomic E-state index is 11.9. The highest BCUT2D eigenvalue weighted by atomic mass is 16.5. The Bertz CT molecular complexity index is 908. The molecule has 1 N–H and O–H groups in total. The first kappa shape index (κ1) is 17.4. The number of hydrazone groups is 1. The highest BCUT2D eigenvalue weighted by Crippen LogP contribution is 2.15. The molecule has 5 nitrogen and oxygen atoms in total. The van der Waals surface area contributed by atoms with Gasteiger partial charge in [0.05, 0.1) is 6.21 Å². The van der Waals surface area contributed by atoms with Crippen LogP contribution < -0.4 is 10.2 Å². The predicted octanol–water partition coefficient (Wildman–Crippen LogP) is 3.73. The SMILES string of the molecule is Cc1ccccc1COc1cccc(C=NNC(=O)c2ccncc2)c1. The number of hydrogen-bond donors (Lipinski definition) is 1. The standard InChI is InChI=1S/C21H19N3O2/c1-16-5-2-3-7-19(16)15-26-20-8-4-6-17(13-20)14-23-24-21(25)18-9-11-22-12-10-18/h2-14H,15H2,1H3,(H,24,25). The minimum absolute atomic E-state index is 0.282. The molecule has 3 rings (SSSR count). The number of aryl methyl sites for hydroxylation is 1. The summed E-state index contributed by atoms with van der Waals surface area (Å²) in [6.07, 6.45) is 4.71. The van der Waals surface area contributed by atoms with Gasteiger partial charge in [0.25, 0.3) is 5.91 Å². The van der Waals surface area contributed by atoms with E-state index in [1.807, 2.05) is 36.4 Å². The van der Waals surface area contributed by atoms with Crippen molar-refractivity contribution in [2.75, 3.05) is 0 Å². The van der Waals surface area contributed by atoms with Gasteiger partial charge in [-0.15, -0.1) is 0 Å². The van der Waals surface area contributed by atoms with E-state index in [1.54, 1.807) is 30.7 Å². The Kier molecular flexibility index (Phi) is 5.72. The maximum Gasteiger partial charge on any atom is 0.271 e. The number of nitrogens with one attached hydrogen (secondary N) is 1. The van der Waals surface area contributed by atoms with E-state index in [9.17, 15) is 4.79 Å². The van der Waals surface area contributed by atoms with Crippen LogP contribution in [0.4, 0.5) is 0 Å². The van der Waals surface area contributed by atoms with Crippen LogP contribution >= 0.6 is 0 Å². The molecule has 1 amide bonds. The van der Waals surface area contributed by atoms with Crippen molar-refractivity contribution >= 4 is 12.1 Å². The largest absolute Gasteiger partial charge is 0.489 e. The first-order valence-corrected chi connectivity index (χ1v) is 8.23. The lowest BCUT2D eigenvalue weighted by molar-refractivity contribution is 0.0955. The Morgan fingerprint density at radius 1 is 1.12 bits per heavy atom. The fourth-order valence-corrected chi connectivity index (χ4v) is 2.35. The molecule has 0 aliphatic rings. The van der Waals surface area contributed by atoms with Gasteiger partial charge in [-0.05, 0) is 47.9 Å². The third-order valence-corrected chi connectivity index (χ3v) is 3.84.